The smallest absolute Gasteiger partial charge is 0.120 e. The van der Waals surface area contributed by atoms with E-state index in [1.165, 1.54) is 25.7 Å². The van der Waals surface area contributed by atoms with Crippen molar-refractivity contribution in [1.29, 1.82) is 0 Å². The number of aliphatic hydroxyl groups excluding tert-OH is 1. The molecule has 1 aliphatic carbocycles. The summed E-state index contributed by atoms with van der Waals surface area (Å²) in [5.41, 5.74) is 0.966. The summed E-state index contributed by atoms with van der Waals surface area (Å²) >= 11 is 3.50. The maximum atomic E-state index is 10.3. The van der Waals surface area contributed by atoms with Gasteiger partial charge in [0.05, 0.1) is 13.2 Å². The van der Waals surface area contributed by atoms with Gasteiger partial charge in [-0.2, -0.15) is 0 Å². The van der Waals surface area contributed by atoms with Gasteiger partial charge in [0.1, 0.15) is 5.75 Å². The van der Waals surface area contributed by atoms with Gasteiger partial charge in [-0.05, 0) is 36.5 Å². The molecule has 2 rings (SSSR count). The number of hydrogen-bond donors (Lipinski definition) is 1. The molecule has 0 spiro atoms. The Bertz CT molecular complexity index is 386. The lowest BCUT2D eigenvalue weighted by Gasteiger charge is -2.16. The summed E-state index contributed by atoms with van der Waals surface area (Å²) < 4.78 is 6.09. The third-order valence-corrected chi connectivity index (χ3v) is 4.58. The molecule has 1 aromatic rings. The van der Waals surface area contributed by atoms with Crippen LogP contribution in [0.5, 0.6) is 5.75 Å². The normalized spacial score (nSPS) is 17.9. The quantitative estimate of drug-likeness (QED) is 0.869. The zero-order valence-electron chi connectivity index (χ0n) is 10.9. The minimum absolute atomic E-state index is 0.370. The van der Waals surface area contributed by atoms with E-state index in [1.807, 2.05) is 18.2 Å². The van der Waals surface area contributed by atoms with Crippen molar-refractivity contribution in [2.45, 2.75) is 44.6 Å². The van der Waals surface area contributed by atoms with E-state index in [0.29, 0.717) is 0 Å². The molecule has 2 nitrogen and oxygen atoms in total. The van der Waals surface area contributed by atoms with Gasteiger partial charge in [-0.3, -0.25) is 0 Å². The van der Waals surface area contributed by atoms with E-state index in [1.54, 1.807) is 7.11 Å². The molecule has 1 N–H and O–H groups in total. The first-order chi connectivity index (χ1) is 8.70. The Morgan fingerprint density at radius 2 is 2.11 bits per heavy atom. The Balaban J connectivity index is 1.93. The Morgan fingerprint density at radius 1 is 1.39 bits per heavy atom. The van der Waals surface area contributed by atoms with Gasteiger partial charge in [0, 0.05) is 4.47 Å². The van der Waals surface area contributed by atoms with Crippen molar-refractivity contribution in [2.75, 3.05) is 7.11 Å². The first-order valence-electron chi connectivity index (χ1n) is 6.72. The predicted molar refractivity (Wildman–Crippen MR) is 76.8 cm³/mol. The maximum Gasteiger partial charge on any atom is 0.120 e. The molecule has 1 aliphatic rings. The Kier molecular flexibility index (Phi) is 5.07. The minimum Gasteiger partial charge on any atom is -0.497 e. The minimum atomic E-state index is -0.370. The van der Waals surface area contributed by atoms with Crippen molar-refractivity contribution in [3.63, 3.8) is 0 Å². The van der Waals surface area contributed by atoms with Crippen LogP contribution in [-0.4, -0.2) is 12.2 Å². The molecule has 0 radical (unpaired) electrons. The van der Waals surface area contributed by atoms with Crippen LogP contribution in [0.2, 0.25) is 0 Å². The summed E-state index contributed by atoms with van der Waals surface area (Å²) in [6, 6.07) is 5.76. The summed E-state index contributed by atoms with van der Waals surface area (Å²) in [5.74, 6) is 1.64. The van der Waals surface area contributed by atoms with Crippen LogP contribution in [-0.2, 0) is 0 Å². The van der Waals surface area contributed by atoms with Crippen molar-refractivity contribution >= 4 is 15.9 Å². The van der Waals surface area contributed by atoms with Gasteiger partial charge in [0.2, 0.25) is 0 Å². The average molecular weight is 313 g/mol. The number of methoxy groups -OCH3 is 1. The number of aliphatic hydroxyl groups is 1. The molecule has 1 saturated carbocycles. The van der Waals surface area contributed by atoms with Crippen molar-refractivity contribution in [3.05, 3.63) is 28.2 Å². The summed E-state index contributed by atoms with van der Waals surface area (Å²) in [5, 5.41) is 10.3. The van der Waals surface area contributed by atoms with Crippen LogP contribution in [0, 0.1) is 5.92 Å². The van der Waals surface area contributed by atoms with Crippen LogP contribution in [0.15, 0.2) is 22.7 Å². The highest BCUT2D eigenvalue weighted by atomic mass is 79.9. The summed E-state index contributed by atoms with van der Waals surface area (Å²) in [6.07, 6.45) is 7.05. The zero-order valence-corrected chi connectivity index (χ0v) is 12.4. The van der Waals surface area contributed by atoms with E-state index in [9.17, 15) is 5.11 Å². The predicted octanol–water partition coefficient (Wildman–Crippen LogP) is 4.46. The number of rotatable bonds is 5. The Hall–Kier alpha value is -0.540. The van der Waals surface area contributed by atoms with Crippen LogP contribution in [0.1, 0.15) is 50.2 Å². The van der Waals surface area contributed by atoms with Crippen LogP contribution >= 0.6 is 15.9 Å². The molecule has 1 atom stereocenters. The fourth-order valence-corrected chi connectivity index (χ4v) is 3.38. The van der Waals surface area contributed by atoms with Gasteiger partial charge >= 0.3 is 0 Å². The van der Waals surface area contributed by atoms with Crippen LogP contribution < -0.4 is 4.74 Å². The van der Waals surface area contributed by atoms with E-state index in [0.717, 1.165) is 34.5 Å². The Morgan fingerprint density at radius 3 is 2.72 bits per heavy atom. The lowest BCUT2D eigenvalue weighted by atomic mass is 9.96. The van der Waals surface area contributed by atoms with Crippen molar-refractivity contribution in [3.8, 4) is 5.75 Å². The van der Waals surface area contributed by atoms with Gasteiger partial charge < -0.3 is 9.84 Å². The fraction of sp³-hybridized carbons (Fsp3) is 0.600. The van der Waals surface area contributed by atoms with E-state index in [-0.39, 0.29) is 6.10 Å². The lowest BCUT2D eigenvalue weighted by Crippen LogP contribution is -2.02. The van der Waals surface area contributed by atoms with Crippen molar-refractivity contribution < 1.29 is 9.84 Å². The van der Waals surface area contributed by atoms with Gasteiger partial charge in [-0.15, -0.1) is 0 Å². The fourth-order valence-electron chi connectivity index (χ4n) is 2.75. The highest BCUT2D eigenvalue weighted by Crippen LogP contribution is 2.34. The molecule has 1 fully saturated rings. The molecule has 0 aromatic heterocycles. The molecule has 1 unspecified atom stereocenters. The molecule has 0 bridgehead atoms. The van der Waals surface area contributed by atoms with Crippen LogP contribution in [0.4, 0.5) is 0 Å². The third-order valence-electron chi connectivity index (χ3n) is 3.89. The second-order valence-electron chi connectivity index (χ2n) is 5.13. The molecule has 3 heteroatoms. The number of halogens is 1. The van der Waals surface area contributed by atoms with Gasteiger partial charge in [0.15, 0.2) is 0 Å². The van der Waals surface area contributed by atoms with Gasteiger partial charge in [-0.25, -0.2) is 0 Å². The average Bonchev–Trinajstić information content (AvgIpc) is 2.88. The molecule has 100 valence electrons. The van der Waals surface area contributed by atoms with Gasteiger partial charge in [0.25, 0.3) is 0 Å². The molecular weight excluding hydrogens is 292 g/mol. The Labute approximate surface area is 117 Å². The molecule has 1 aromatic carbocycles. The van der Waals surface area contributed by atoms with Crippen molar-refractivity contribution in [1.82, 2.24) is 0 Å². The number of benzene rings is 1. The standard InChI is InChI=1S/C15H21BrO2/c1-18-12-7-8-13(14(16)10-12)15(17)9-6-11-4-2-3-5-11/h7-8,10-11,15,17H,2-6,9H2,1H3. The van der Waals surface area contributed by atoms with E-state index < -0.39 is 0 Å². The van der Waals surface area contributed by atoms with Gasteiger partial charge in [-0.1, -0.05) is 47.7 Å². The number of ether oxygens (including phenoxy) is 1. The van der Waals surface area contributed by atoms with Crippen molar-refractivity contribution in [2.24, 2.45) is 5.92 Å². The van der Waals surface area contributed by atoms with E-state index in [4.69, 9.17) is 4.74 Å². The van der Waals surface area contributed by atoms with E-state index >= 15 is 0 Å². The summed E-state index contributed by atoms with van der Waals surface area (Å²) in [6.45, 7) is 0. The van der Waals surface area contributed by atoms with E-state index in [2.05, 4.69) is 15.9 Å². The molecule has 0 amide bonds. The first-order valence-corrected chi connectivity index (χ1v) is 7.51. The lowest BCUT2D eigenvalue weighted by molar-refractivity contribution is 0.156. The molecule has 0 heterocycles. The third kappa shape index (κ3) is 3.48. The second-order valence-corrected chi connectivity index (χ2v) is 5.99. The second kappa shape index (κ2) is 6.58. The van der Waals surface area contributed by atoms with Crippen LogP contribution in [0.3, 0.4) is 0 Å². The highest BCUT2D eigenvalue weighted by Gasteiger charge is 2.18. The SMILES string of the molecule is COc1ccc(C(O)CCC2CCCC2)c(Br)c1. The topological polar surface area (TPSA) is 29.5 Å². The molecular formula is C15H21BrO2. The highest BCUT2D eigenvalue weighted by molar-refractivity contribution is 9.10. The first kappa shape index (κ1) is 13.9. The summed E-state index contributed by atoms with van der Waals surface area (Å²) in [4.78, 5) is 0. The monoisotopic (exact) mass is 312 g/mol. The summed E-state index contributed by atoms with van der Waals surface area (Å²) in [7, 11) is 1.65. The molecule has 0 saturated heterocycles. The largest absolute Gasteiger partial charge is 0.497 e. The maximum absolute atomic E-state index is 10.3. The molecule has 18 heavy (non-hydrogen) atoms. The molecule has 0 aliphatic heterocycles. The zero-order chi connectivity index (χ0) is 13.0. The van der Waals surface area contributed by atoms with Crippen LogP contribution in [0.25, 0.3) is 0 Å². The number of hydrogen-bond acceptors (Lipinski definition) is 2.